The summed E-state index contributed by atoms with van der Waals surface area (Å²) in [5, 5.41) is 3.07. The molecule has 35 heavy (non-hydrogen) atoms. The maximum atomic E-state index is 13.6. The van der Waals surface area contributed by atoms with Crippen LogP contribution in [0.4, 0.5) is 10.2 Å². The number of anilines is 1. The molecule has 1 fully saturated rings. The van der Waals surface area contributed by atoms with Gasteiger partial charge in [-0.05, 0) is 62.6 Å². The molecule has 8 heteroatoms. The second-order valence-electron chi connectivity index (χ2n) is 8.40. The van der Waals surface area contributed by atoms with E-state index in [1.165, 1.54) is 12.1 Å². The highest BCUT2D eigenvalue weighted by Crippen LogP contribution is 2.29. The summed E-state index contributed by atoms with van der Waals surface area (Å²) in [5.41, 5.74) is 1.58. The molecule has 1 aliphatic rings. The lowest BCUT2D eigenvalue weighted by atomic mass is 9.97. The first-order valence-corrected chi connectivity index (χ1v) is 12.1. The van der Waals surface area contributed by atoms with Crippen LogP contribution in [0.3, 0.4) is 0 Å². The van der Waals surface area contributed by atoms with E-state index in [-0.39, 0.29) is 17.6 Å². The molecule has 1 atom stereocenters. The van der Waals surface area contributed by atoms with Crippen LogP contribution in [0.25, 0.3) is 11.4 Å². The lowest BCUT2D eigenvalue weighted by Crippen LogP contribution is -2.43. The van der Waals surface area contributed by atoms with Gasteiger partial charge in [0.25, 0.3) is 0 Å². The minimum atomic E-state index is -0.327. The predicted octanol–water partition coefficient (Wildman–Crippen LogP) is 4.61. The summed E-state index contributed by atoms with van der Waals surface area (Å²) in [5.74, 6) is 2.13. The van der Waals surface area contributed by atoms with E-state index in [0.717, 1.165) is 30.8 Å². The third-order valence-electron chi connectivity index (χ3n) is 5.91. The van der Waals surface area contributed by atoms with Crippen LogP contribution in [-0.2, 0) is 11.3 Å². The van der Waals surface area contributed by atoms with E-state index in [0.29, 0.717) is 49.2 Å². The van der Waals surface area contributed by atoms with E-state index in [1.54, 1.807) is 18.3 Å². The van der Waals surface area contributed by atoms with Crippen LogP contribution < -0.4 is 19.7 Å². The molecule has 1 amide bonds. The van der Waals surface area contributed by atoms with Crippen molar-refractivity contribution in [1.82, 2.24) is 15.3 Å². The molecule has 0 bridgehead atoms. The molecule has 7 nitrogen and oxygen atoms in total. The van der Waals surface area contributed by atoms with E-state index in [4.69, 9.17) is 9.47 Å². The number of piperidine rings is 1. The molecule has 0 radical (unpaired) electrons. The number of nitrogens with zero attached hydrogens (tertiary/aromatic N) is 3. The van der Waals surface area contributed by atoms with Crippen LogP contribution >= 0.6 is 0 Å². The zero-order valence-corrected chi connectivity index (χ0v) is 20.2. The minimum Gasteiger partial charge on any atom is -0.490 e. The number of benzene rings is 2. The van der Waals surface area contributed by atoms with Gasteiger partial charge >= 0.3 is 0 Å². The van der Waals surface area contributed by atoms with Gasteiger partial charge in [0.2, 0.25) is 5.91 Å². The Kier molecular flexibility index (Phi) is 8.13. The fourth-order valence-corrected chi connectivity index (χ4v) is 4.23. The Balaban J connectivity index is 1.39. The Morgan fingerprint density at radius 2 is 1.94 bits per heavy atom. The first-order valence-electron chi connectivity index (χ1n) is 12.1. The number of amides is 1. The molecule has 1 aromatic heterocycles. The topological polar surface area (TPSA) is 76.6 Å². The number of nitrogens with one attached hydrogen (secondary N) is 1. The van der Waals surface area contributed by atoms with Crippen molar-refractivity contribution in [2.24, 2.45) is 5.92 Å². The number of rotatable bonds is 9. The summed E-state index contributed by atoms with van der Waals surface area (Å²) >= 11 is 0. The van der Waals surface area contributed by atoms with Gasteiger partial charge < -0.3 is 19.7 Å². The van der Waals surface area contributed by atoms with Crippen LogP contribution in [0.5, 0.6) is 11.5 Å². The van der Waals surface area contributed by atoms with Crippen molar-refractivity contribution in [2.45, 2.75) is 33.2 Å². The Labute approximate surface area is 205 Å². The van der Waals surface area contributed by atoms with Crippen molar-refractivity contribution >= 4 is 11.7 Å². The van der Waals surface area contributed by atoms with Crippen molar-refractivity contribution in [2.75, 3.05) is 31.2 Å². The van der Waals surface area contributed by atoms with E-state index in [9.17, 15) is 9.18 Å². The number of hydrogen-bond donors (Lipinski definition) is 1. The standard InChI is InChI=1S/C27H31FN4O3/c1-3-34-23-11-10-19(15-24(23)35-4-2)17-30-27(33)21-8-6-14-32(18-21)25-12-13-29-26(31-25)20-7-5-9-22(28)16-20/h5,7,9-13,15-16,21H,3-4,6,8,14,17-18H2,1-2H3,(H,30,33)/t21-/m0/s1. The fraction of sp³-hybridized carbons (Fsp3) is 0.370. The quantitative estimate of drug-likeness (QED) is 0.484. The number of aromatic nitrogens is 2. The number of halogens is 1. The highest BCUT2D eigenvalue weighted by molar-refractivity contribution is 5.79. The normalized spacial score (nSPS) is 15.5. The summed E-state index contributed by atoms with van der Waals surface area (Å²) in [7, 11) is 0. The maximum Gasteiger partial charge on any atom is 0.225 e. The lowest BCUT2D eigenvalue weighted by Gasteiger charge is -2.33. The highest BCUT2D eigenvalue weighted by Gasteiger charge is 2.26. The van der Waals surface area contributed by atoms with E-state index < -0.39 is 0 Å². The van der Waals surface area contributed by atoms with E-state index in [2.05, 4.69) is 20.2 Å². The van der Waals surface area contributed by atoms with Crippen molar-refractivity contribution in [3.63, 3.8) is 0 Å². The summed E-state index contributed by atoms with van der Waals surface area (Å²) in [6, 6.07) is 13.8. The molecule has 184 valence electrons. The smallest absolute Gasteiger partial charge is 0.225 e. The van der Waals surface area contributed by atoms with Crippen molar-refractivity contribution in [1.29, 1.82) is 0 Å². The third kappa shape index (κ3) is 6.26. The zero-order valence-electron chi connectivity index (χ0n) is 20.2. The Bertz CT molecular complexity index is 1160. The van der Waals surface area contributed by atoms with Crippen molar-refractivity contribution in [3.05, 3.63) is 66.1 Å². The van der Waals surface area contributed by atoms with Crippen LogP contribution in [0.2, 0.25) is 0 Å². The molecule has 1 N–H and O–H groups in total. The Hall–Kier alpha value is -3.68. The van der Waals surface area contributed by atoms with Gasteiger partial charge in [0.05, 0.1) is 19.1 Å². The maximum absolute atomic E-state index is 13.6. The fourth-order valence-electron chi connectivity index (χ4n) is 4.23. The van der Waals surface area contributed by atoms with E-state index in [1.807, 2.05) is 38.1 Å². The number of carbonyl (C=O) groups excluding carboxylic acids is 1. The molecule has 4 rings (SSSR count). The molecular formula is C27H31FN4O3. The van der Waals surface area contributed by atoms with E-state index >= 15 is 0 Å². The Morgan fingerprint density at radius 1 is 1.11 bits per heavy atom. The molecule has 1 saturated heterocycles. The van der Waals surface area contributed by atoms with Gasteiger partial charge in [-0.3, -0.25) is 4.79 Å². The van der Waals surface area contributed by atoms with Gasteiger partial charge in [-0.1, -0.05) is 18.2 Å². The second kappa shape index (κ2) is 11.6. The molecule has 3 aromatic rings. The summed E-state index contributed by atoms with van der Waals surface area (Å²) in [6.07, 6.45) is 3.38. The van der Waals surface area contributed by atoms with Crippen LogP contribution in [0.15, 0.2) is 54.7 Å². The first kappa shape index (κ1) is 24.4. The molecule has 1 aliphatic heterocycles. The van der Waals surface area contributed by atoms with Gasteiger partial charge in [0.1, 0.15) is 11.6 Å². The summed E-state index contributed by atoms with van der Waals surface area (Å²) in [4.78, 5) is 24.0. The molecule has 2 heterocycles. The Morgan fingerprint density at radius 3 is 2.74 bits per heavy atom. The molecule has 0 unspecified atom stereocenters. The van der Waals surface area contributed by atoms with Crippen molar-refractivity contribution in [3.8, 4) is 22.9 Å². The number of ether oxygens (including phenoxy) is 2. The van der Waals surface area contributed by atoms with Gasteiger partial charge in [-0.25, -0.2) is 14.4 Å². The second-order valence-corrected chi connectivity index (χ2v) is 8.40. The molecule has 0 spiro atoms. The average Bonchev–Trinajstić information content (AvgIpc) is 2.89. The lowest BCUT2D eigenvalue weighted by molar-refractivity contribution is -0.125. The highest BCUT2D eigenvalue weighted by atomic mass is 19.1. The van der Waals surface area contributed by atoms with Gasteiger partial charge in [0.15, 0.2) is 17.3 Å². The van der Waals surface area contributed by atoms with Gasteiger partial charge in [-0.15, -0.1) is 0 Å². The summed E-state index contributed by atoms with van der Waals surface area (Å²) < 4.78 is 24.9. The molecule has 0 saturated carbocycles. The third-order valence-corrected chi connectivity index (χ3v) is 5.91. The van der Waals surface area contributed by atoms with Crippen molar-refractivity contribution < 1.29 is 18.7 Å². The average molecular weight is 479 g/mol. The van der Waals surface area contributed by atoms with Crippen LogP contribution in [0, 0.1) is 11.7 Å². The van der Waals surface area contributed by atoms with Gasteiger partial charge in [-0.2, -0.15) is 0 Å². The monoisotopic (exact) mass is 478 g/mol. The van der Waals surface area contributed by atoms with Gasteiger partial charge in [0, 0.05) is 31.4 Å². The van der Waals surface area contributed by atoms with Crippen LogP contribution in [0.1, 0.15) is 32.3 Å². The predicted molar refractivity (Wildman–Crippen MR) is 133 cm³/mol. The zero-order chi connectivity index (χ0) is 24.6. The number of carbonyl (C=O) groups is 1. The first-order chi connectivity index (χ1) is 17.1. The van der Waals surface area contributed by atoms with Crippen LogP contribution in [-0.4, -0.2) is 42.2 Å². The molecule has 2 aromatic carbocycles. The molecule has 0 aliphatic carbocycles. The molecular weight excluding hydrogens is 447 g/mol. The SMILES string of the molecule is CCOc1ccc(CNC(=O)[C@H]2CCCN(c3ccnc(-c4cccc(F)c4)n3)C2)cc1OCC. The largest absolute Gasteiger partial charge is 0.490 e. The minimum absolute atomic E-state index is 0.0148. The summed E-state index contributed by atoms with van der Waals surface area (Å²) in [6.45, 7) is 6.75. The number of hydrogen-bond acceptors (Lipinski definition) is 6.